The highest BCUT2D eigenvalue weighted by Crippen LogP contribution is 2.41. The first-order valence-electron chi connectivity index (χ1n) is 13.2. The Morgan fingerprint density at radius 1 is 0.881 bits per heavy atom. The third-order valence-corrected chi connectivity index (χ3v) is 7.71. The zero-order valence-corrected chi connectivity index (χ0v) is 23.4. The van der Waals surface area contributed by atoms with Gasteiger partial charge in [-0.05, 0) is 48.0 Å². The summed E-state index contributed by atoms with van der Waals surface area (Å²) in [5.74, 6) is 0. The van der Waals surface area contributed by atoms with Crippen LogP contribution in [0.3, 0.4) is 0 Å². The average Bonchev–Trinajstić information content (AvgIpc) is 2.97. The van der Waals surface area contributed by atoms with Gasteiger partial charge in [0.2, 0.25) is 10.0 Å². The van der Waals surface area contributed by atoms with E-state index in [1.807, 2.05) is 42.5 Å². The van der Waals surface area contributed by atoms with Crippen LogP contribution in [0.1, 0.15) is 5.56 Å². The number of aromatic nitrogens is 2. The van der Waals surface area contributed by atoms with Gasteiger partial charge in [0.15, 0.2) is 0 Å². The van der Waals surface area contributed by atoms with Gasteiger partial charge in [0, 0.05) is 60.1 Å². The van der Waals surface area contributed by atoms with E-state index in [0.29, 0.717) is 37.1 Å². The van der Waals surface area contributed by atoms with E-state index in [9.17, 15) is 21.6 Å². The van der Waals surface area contributed by atoms with Crippen LogP contribution in [0.25, 0.3) is 32.9 Å². The fraction of sp³-hybridized carbons (Fsp3) is 0.200. The first kappa shape index (κ1) is 27.7. The third kappa shape index (κ3) is 5.81. The van der Waals surface area contributed by atoms with Gasteiger partial charge in [-0.1, -0.05) is 24.3 Å². The molecular weight excluding hydrogens is 565 g/mol. The Labute approximate surface area is 240 Å². The quantitative estimate of drug-likeness (QED) is 0.223. The monoisotopic (exact) mass is 592 g/mol. The fourth-order valence-corrected chi connectivity index (χ4v) is 5.73. The minimum absolute atomic E-state index is 0.106. The van der Waals surface area contributed by atoms with E-state index in [1.54, 1.807) is 23.2 Å². The molecule has 0 saturated carbocycles. The first-order chi connectivity index (χ1) is 20.0. The van der Waals surface area contributed by atoms with E-state index in [0.717, 1.165) is 34.4 Å². The lowest BCUT2D eigenvalue weighted by Crippen LogP contribution is -2.44. The number of rotatable bonds is 6. The van der Waals surface area contributed by atoms with Gasteiger partial charge in [-0.15, -0.1) is 0 Å². The van der Waals surface area contributed by atoms with Crippen LogP contribution in [0.5, 0.6) is 0 Å². The number of pyridine rings is 2. The molecule has 6 rings (SSSR count). The summed E-state index contributed by atoms with van der Waals surface area (Å²) < 4.78 is 69.7. The van der Waals surface area contributed by atoms with Crippen molar-refractivity contribution < 1.29 is 21.6 Å². The minimum Gasteiger partial charge on any atom is -0.368 e. The molecule has 0 radical (unpaired) electrons. The lowest BCUT2D eigenvalue weighted by Gasteiger charge is -2.32. The number of nitrogens with zero attached hydrogens (tertiary/aromatic N) is 3. The molecule has 8 nitrogen and oxygen atoms in total. The number of piperazine rings is 1. The van der Waals surface area contributed by atoms with E-state index in [-0.39, 0.29) is 22.7 Å². The Balaban J connectivity index is 1.47. The molecule has 216 valence electrons. The van der Waals surface area contributed by atoms with Gasteiger partial charge in [0.25, 0.3) is 0 Å². The van der Waals surface area contributed by atoms with Crippen molar-refractivity contribution >= 4 is 54.6 Å². The number of hydrogen-bond acceptors (Lipinski definition) is 7. The Kier molecular flexibility index (Phi) is 7.11. The lowest BCUT2D eigenvalue weighted by atomic mass is 10.0. The molecule has 3 aromatic carbocycles. The highest BCUT2D eigenvalue weighted by molar-refractivity contribution is 7.92. The maximum absolute atomic E-state index is 14.3. The second kappa shape index (κ2) is 10.8. The van der Waals surface area contributed by atoms with Gasteiger partial charge in [-0.3, -0.25) is 14.7 Å². The molecule has 12 heteroatoms. The average molecular weight is 593 g/mol. The van der Waals surface area contributed by atoms with Crippen LogP contribution >= 0.6 is 0 Å². The third-order valence-electron chi connectivity index (χ3n) is 7.12. The van der Waals surface area contributed by atoms with E-state index in [4.69, 9.17) is 0 Å². The van der Waals surface area contributed by atoms with Crippen molar-refractivity contribution in [1.29, 1.82) is 0 Å². The van der Waals surface area contributed by atoms with Crippen LogP contribution in [0.15, 0.2) is 79.1 Å². The number of sulfonamides is 1. The van der Waals surface area contributed by atoms with Crippen molar-refractivity contribution in [2.45, 2.75) is 6.18 Å². The summed E-state index contributed by atoms with van der Waals surface area (Å²) in [4.78, 5) is 10.7. The number of nitrogens with one attached hydrogen (secondary N) is 3. The summed E-state index contributed by atoms with van der Waals surface area (Å²) in [6.07, 6.45) is -0.500. The van der Waals surface area contributed by atoms with E-state index in [2.05, 4.69) is 25.3 Å². The van der Waals surface area contributed by atoms with Crippen molar-refractivity contribution in [3.8, 4) is 11.1 Å². The summed E-state index contributed by atoms with van der Waals surface area (Å²) in [6, 6.07) is 19.3. The van der Waals surface area contributed by atoms with E-state index >= 15 is 0 Å². The number of alkyl halides is 3. The molecule has 1 aliphatic rings. The topological polar surface area (TPSA) is 99.2 Å². The highest BCUT2D eigenvalue weighted by atomic mass is 32.2. The van der Waals surface area contributed by atoms with Gasteiger partial charge >= 0.3 is 6.18 Å². The SMILES string of the molecule is CS(=O)(=O)Nc1cnc2ccc(-c3cnc4ccccc4c3)cc2c1Nc1ccc(N2CCNCC2)c(C(F)(F)F)c1. The number of anilines is 4. The molecule has 1 aliphatic heterocycles. The molecule has 0 aliphatic carbocycles. The summed E-state index contributed by atoms with van der Waals surface area (Å²) in [7, 11) is -3.73. The summed E-state index contributed by atoms with van der Waals surface area (Å²) in [5, 5.41) is 7.70. The Bertz CT molecular complexity index is 1910. The number of hydrogen-bond donors (Lipinski definition) is 3. The predicted octanol–water partition coefficient (Wildman–Crippen LogP) is 5.99. The van der Waals surface area contributed by atoms with Gasteiger partial charge in [-0.25, -0.2) is 8.42 Å². The molecule has 5 aromatic rings. The normalized spacial score (nSPS) is 14.3. The van der Waals surface area contributed by atoms with Gasteiger partial charge in [0.1, 0.15) is 0 Å². The molecule has 1 saturated heterocycles. The van der Waals surface area contributed by atoms with Crippen LogP contribution in [-0.2, 0) is 16.2 Å². The number of para-hydroxylation sites is 1. The zero-order valence-electron chi connectivity index (χ0n) is 22.5. The van der Waals surface area contributed by atoms with Crippen molar-refractivity contribution in [3.63, 3.8) is 0 Å². The minimum atomic E-state index is -4.59. The Hall–Kier alpha value is -4.42. The van der Waals surface area contributed by atoms with Crippen molar-refractivity contribution in [1.82, 2.24) is 15.3 Å². The van der Waals surface area contributed by atoms with Gasteiger partial charge in [0.05, 0.1) is 40.4 Å². The summed E-state index contributed by atoms with van der Waals surface area (Å²) in [5.41, 5.74) is 2.86. The molecule has 0 unspecified atom stereocenters. The first-order valence-corrected chi connectivity index (χ1v) is 15.1. The highest BCUT2D eigenvalue weighted by Gasteiger charge is 2.35. The second-order valence-electron chi connectivity index (χ2n) is 10.2. The van der Waals surface area contributed by atoms with Crippen LogP contribution in [-0.4, -0.2) is 50.8 Å². The second-order valence-corrected chi connectivity index (χ2v) is 11.9. The van der Waals surface area contributed by atoms with E-state index in [1.165, 1.54) is 12.3 Å². The van der Waals surface area contributed by atoms with E-state index < -0.39 is 21.8 Å². The van der Waals surface area contributed by atoms with Crippen LogP contribution in [0, 0.1) is 0 Å². The van der Waals surface area contributed by atoms with Crippen LogP contribution in [0.2, 0.25) is 0 Å². The van der Waals surface area contributed by atoms with Gasteiger partial charge < -0.3 is 15.5 Å². The standard InChI is InChI=1S/C30H27F3N6O2S/c1-42(40,41)38-27-18-36-26-8-6-19(21-14-20-4-2-3-5-25(20)35-17-21)15-23(26)29(27)37-22-7-9-28(24(16-22)30(31,32)33)39-12-10-34-11-13-39/h2-9,14-18,34,38H,10-13H2,1H3,(H,36,37). The smallest absolute Gasteiger partial charge is 0.368 e. The number of halogens is 3. The van der Waals surface area contributed by atoms with Crippen molar-refractivity contribution in [2.75, 3.05) is 47.4 Å². The fourth-order valence-electron chi connectivity index (χ4n) is 5.18. The number of fused-ring (bicyclic) bond motifs is 2. The maximum Gasteiger partial charge on any atom is 0.418 e. The molecule has 42 heavy (non-hydrogen) atoms. The molecular formula is C30H27F3N6O2S. The van der Waals surface area contributed by atoms with Gasteiger partial charge in [-0.2, -0.15) is 13.2 Å². The predicted molar refractivity (Wildman–Crippen MR) is 161 cm³/mol. The van der Waals surface area contributed by atoms with Crippen molar-refractivity contribution in [3.05, 3.63) is 84.7 Å². The van der Waals surface area contributed by atoms with Crippen LogP contribution < -0.4 is 20.3 Å². The molecule has 0 bridgehead atoms. The Morgan fingerprint density at radius 2 is 1.64 bits per heavy atom. The molecule has 3 heterocycles. The summed E-state index contributed by atoms with van der Waals surface area (Å²) in [6.45, 7) is 2.10. The molecule has 0 atom stereocenters. The zero-order chi connectivity index (χ0) is 29.5. The lowest BCUT2D eigenvalue weighted by molar-refractivity contribution is -0.137. The largest absolute Gasteiger partial charge is 0.418 e. The molecule has 1 fully saturated rings. The summed E-state index contributed by atoms with van der Waals surface area (Å²) >= 11 is 0. The molecule has 0 spiro atoms. The maximum atomic E-state index is 14.3. The number of benzene rings is 3. The molecule has 3 N–H and O–H groups in total. The van der Waals surface area contributed by atoms with Crippen LogP contribution in [0.4, 0.5) is 35.9 Å². The molecule has 0 amide bonds. The van der Waals surface area contributed by atoms with Crippen molar-refractivity contribution in [2.24, 2.45) is 0 Å². The Morgan fingerprint density at radius 3 is 2.40 bits per heavy atom. The molecule has 2 aromatic heterocycles.